The van der Waals surface area contributed by atoms with Crippen LogP contribution in [0.25, 0.3) is 0 Å². The normalized spacial score (nSPS) is 13.4. The van der Waals surface area contributed by atoms with Gasteiger partial charge in [-0.25, -0.2) is 5.48 Å². The van der Waals surface area contributed by atoms with Gasteiger partial charge < -0.3 is 19.2 Å². The van der Waals surface area contributed by atoms with Gasteiger partial charge in [-0.05, 0) is 25.5 Å². The Morgan fingerprint density at radius 1 is 1.41 bits per heavy atom. The number of carbonyl (C=O) groups is 2. The minimum Gasteiger partial charge on any atom is -0.459 e. The van der Waals surface area contributed by atoms with Crippen molar-refractivity contribution in [2.45, 2.75) is 26.3 Å². The second-order valence-corrected chi connectivity index (χ2v) is 4.74. The smallest absolute Gasteiger partial charge is 0.287 e. The van der Waals surface area contributed by atoms with Crippen molar-refractivity contribution in [1.82, 2.24) is 10.8 Å². The zero-order valence-corrected chi connectivity index (χ0v) is 12.7. The molecule has 0 spiro atoms. The number of hydrogen-bond donors (Lipinski definition) is 3. The number of carbonyl (C=O) groups excluding carboxylic acids is 2. The molecule has 8 heteroatoms. The van der Waals surface area contributed by atoms with Crippen LogP contribution in [0.15, 0.2) is 22.8 Å². The van der Waals surface area contributed by atoms with Crippen molar-refractivity contribution < 1.29 is 28.7 Å². The summed E-state index contributed by atoms with van der Waals surface area (Å²) in [6.07, 6.45) is 1.70. The molecule has 3 N–H and O–H groups in total. The Kier molecular flexibility index (Phi) is 8.19. The van der Waals surface area contributed by atoms with Crippen molar-refractivity contribution >= 4 is 11.8 Å². The maximum absolute atomic E-state index is 12.0. The predicted octanol–water partition coefficient (Wildman–Crippen LogP) is 0.920. The molecule has 2 atom stereocenters. The van der Waals surface area contributed by atoms with Gasteiger partial charge in [0.25, 0.3) is 5.91 Å². The first-order chi connectivity index (χ1) is 10.6. The Balaban J connectivity index is 2.56. The summed E-state index contributed by atoms with van der Waals surface area (Å²) in [5, 5.41) is 11.4. The standard InChI is InChI=1S/C14H22N2O6/c1-3-20-9-21-8-11(7-10(2)13(17)16-19)15-14(18)12-5-4-6-22-12/h4-6,10-11,19H,3,7-9H2,1-2H3,(H,15,18)(H,16,17)/t10-,11-/m0/s1. The predicted molar refractivity (Wildman–Crippen MR) is 76.1 cm³/mol. The third kappa shape index (κ3) is 6.25. The Morgan fingerprint density at radius 2 is 2.18 bits per heavy atom. The van der Waals surface area contributed by atoms with E-state index in [9.17, 15) is 9.59 Å². The Labute approximate surface area is 128 Å². The number of hydroxylamine groups is 1. The molecule has 0 saturated carbocycles. The molecule has 1 aromatic rings. The van der Waals surface area contributed by atoms with E-state index in [4.69, 9.17) is 19.1 Å². The highest BCUT2D eigenvalue weighted by atomic mass is 16.7. The van der Waals surface area contributed by atoms with Gasteiger partial charge in [-0.3, -0.25) is 14.8 Å². The van der Waals surface area contributed by atoms with E-state index in [1.807, 2.05) is 6.92 Å². The second-order valence-electron chi connectivity index (χ2n) is 4.74. The SMILES string of the molecule is CCOCOC[C@H](C[C@H](C)C(=O)NO)NC(=O)c1ccco1. The van der Waals surface area contributed by atoms with Gasteiger partial charge in [-0.1, -0.05) is 6.92 Å². The van der Waals surface area contributed by atoms with Crippen LogP contribution in [0, 0.1) is 5.92 Å². The van der Waals surface area contributed by atoms with Crippen LogP contribution >= 0.6 is 0 Å². The van der Waals surface area contributed by atoms with E-state index >= 15 is 0 Å². The molecule has 124 valence electrons. The van der Waals surface area contributed by atoms with E-state index in [1.54, 1.807) is 18.5 Å². The highest BCUT2D eigenvalue weighted by Gasteiger charge is 2.22. The molecular weight excluding hydrogens is 292 g/mol. The molecule has 0 fully saturated rings. The topological polar surface area (TPSA) is 110 Å². The van der Waals surface area contributed by atoms with Crippen molar-refractivity contribution in [2.24, 2.45) is 5.92 Å². The van der Waals surface area contributed by atoms with Crippen LogP contribution in [0.1, 0.15) is 30.8 Å². The van der Waals surface area contributed by atoms with Crippen molar-refractivity contribution in [1.29, 1.82) is 0 Å². The van der Waals surface area contributed by atoms with Crippen LogP contribution in [0.3, 0.4) is 0 Å². The van der Waals surface area contributed by atoms with Gasteiger partial charge in [0.2, 0.25) is 5.91 Å². The van der Waals surface area contributed by atoms with Crippen LogP contribution in [-0.4, -0.2) is 43.1 Å². The summed E-state index contributed by atoms with van der Waals surface area (Å²) in [6, 6.07) is 2.72. The molecule has 0 aromatic carbocycles. The highest BCUT2D eigenvalue weighted by molar-refractivity contribution is 5.91. The van der Waals surface area contributed by atoms with E-state index in [-0.39, 0.29) is 19.2 Å². The van der Waals surface area contributed by atoms with Crippen molar-refractivity contribution in [3.63, 3.8) is 0 Å². The summed E-state index contributed by atoms with van der Waals surface area (Å²) in [7, 11) is 0. The Hall–Kier alpha value is -1.90. The van der Waals surface area contributed by atoms with Crippen LogP contribution < -0.4 is 10.8 Å². The van der Waals surface area contributed by atoms with E-state index in [1.165, 1.54) is 12.3 Å². The van der Waals surface area contributed by atoms with Crippen LogP contribution in [0.2, 0.25) is 0 Å². The average Bonchev–Trinajstić information content (AvgIpc) is 3.04. The number of ether oxygens (including phenoxy) is 2. The lowest BCUT2D eigenvalue weighted by atomic mass is 10.0. The van der Waals surface area contributed by atoms with Crippen LogP contribution in [-0.2, 0) is 14.3 Å². The Bertz CT molecular complexity index is 448. The van der Waals surface area contributed by atoms with E-state index < -0.39 is 23.8 Å². The molecule has 0 bridgehead atoms. The fourth-order valence-electron chi connectivity index (χ4n) is 1.81. The third-order valence-corrected chi connectivity index (χ3v) is 2.97. The van der Waals surface area contributed by atoms with Crippen molar-refractivity contribution in [2.75, 3.05) is 20.0 Å². The highest BCUT2D eigenvalue weighted by Crippen LogP contribution is 2.09. The van der Waals surface area contributed by atoms with Gasteiger partial charge in [0.05, 0.1) is 18.9 Å². The van der Waals surface area contributed by atoms with Gasteiger partial charge in [0.15, 0.2) is 5.76 Å². The molecule has 2 amide bonds. The summed E-state index contributed by atoms with van der Waals surface area (Å²) in [4.78, 5) is 23.4. The van der Waals surface area contributed by atoms with Gasteiger partial charge >= 0.3 is 0 Å². The van der Waals surface area contributed by atoms with E-state index in [0.29, 0.717) is 13.0 Å². The molecule has 0 radical (unpaired) electrons. The molecule has 1 rings (SSSR count). The summed E-state index contributed by atoms with van der Waals surface area (Å²) in [5.41, 5.74) is 1.59. The third-order valence-electron chi connectivity index (χ3n) is 2.97. The van der Waals surface area contributed by atoms with Gasteiger partial charge in [-0.2, -0.15) is 0 Å². The minimum atomic E-state index is -0.526. The van der Waals surface area contributed by atoms with E-state index in [0.717, 1.165) is 0 Å². The molecule has 22 heavy (non-hydrogen) atoms. The molecular formula is C14H22N2O6. The van der Waals surface area contributed by atoms with Crippen LogP contribution in [0.5, 0.6) is 0 Å². The summed E-state index contributed by atoms with van der Waals surface area (Å²) < 4.78 is 15.4. The zero-order chi connectivity index (χ0) is 16.4. The van der Waals surface area contributed by atoms with Crippen molar-refractivity contribution in [3.8, 4) is 0 Å². The maximum atomic E-state index is 12.0. The van der Waals surface area contributed by atoms with Gasteiger partial charge in [0.1, 0.15) is 6.79 Å². The quantitative estimate of drug-likeness (QED) is 0.256. The van der Waals surface area contributed by atoms with Crippen molar-refractivity contribution in [3.05, 3.63) is 24.2 Å². The lowest BCUT2D eigenvalue weighted by Gasteiger charge is -2.21. The number of nitrogens with one attached hydrogen (secondary N) is 2. The fourth-order valence-corrected chi connectivity index (χ4v) is 1.81. The molecule has 0 aliphatic carbocycles. The number of amides is 2. The van der Waals surface area contributed by atoms with E-state index in [2.05, 4.69) is 5.32 Å². The summed E-state index contributed by atoms with van der Waals surface area (Å²) in [6.45, 7) is 4.28. The molecule has 1 heterocycles. The maximum Gasteiger partial charge on any atom is 0.287 e. The molecule has 0 aliphatic heterocycles. The minimum absolute atomic E-state index is 0.101. The molecule has 1 aromatic heterocycles. The Morgan fingerprint density at radius 3 is 2.77 bits per heavy atom. The monoisotopic (exact) mass is 314 g/mol. The number of rotatable bonds is 10. The average molecular weight is 314 g/mol. The first-order valence-corrected chi connectivity index (χ1v) is 7.02. The lowest BCUT2D eigenvalue weighted by molar-refractivity contribution is -0.133. The lowest BCUT2D eigenvalue weighted by Crippen LogP contribution is -2.41. The first kappa shape index (κ1) is 18.1. The molecule has 0 unspecified atom stereocenters. The largest absolute Gasteiger partial charge is 0.459 e. The first-order valence-electron chi connectivity index (χ1n) is 7.02. The number of furan rings is 1. The molecule has 0 saturated heterocycles. The summed E-state index contributed by atoms with van der Waals surface area (Å²) in [5.74, 6) is -1.25. The molecule has 8 nitrogen and oxygen atoms in total. The summed E-state index contributed by atoms with van der Waals surface area (Å²) >= 11 is 0. The fraction of sp³-hybridized carbons (Fsp3) is 0.571. The second kappa shape index (κ2) is 9.93. The number of hydrogen-bond acceptors (Lipinski definition) is 6. The van der Waals surface area contributed by atoms with Gasteiger partial charge in [0, 0.05) is 12.5 Å². The molecule has 0 aliphatic rings. The van der Waals surface area contributed by atoms with Crippen LogP contribution in [0.4, 0.5) is 0 Å². The van der Waals surface area contributed by atoms with Gasteiger partial charge in [-0.15, -0.1) is 0 Å². The zero-order valence-electron chi connectivity index (χ0n) is 12.7.